The number of hydrogen-bond donors (Lipinski definition) is 1. The minimum absolute atomic E-state index is 0.0596. The van der Waals surface area contributed by atoms with E-state index in [1.807, 2.05) is 20.8 Å². The van der Waals surface area contributed by atoms with Gasteiger partial charge in [0.2, 0.25) is 15.9 Å². The Hall–Kier alpha value is -0.660. The Labute approximate surface area is 140 Å². The Morgan fingerprint density at radius 1 is 1.17 bits per heavy atom. The molecule has 1 saturated carbocycles. The average Bonchev–Trinajstić information content (AvgIpc) is 3.23. The third-order valence-electron chi connectivity index (χ3n) is 4.48. The lowest BCUT2D eigenvalue weighted by Gasteiger charge is -2.34. The number of sulfonamides is 1. The lowest BCUT2D eigenvalue weighted by atomic mass is 9.97. The van der Waals surface area contributed by atoms with E-state index in [0.29, 0.717) is 19.0 Å². The van der Waals surface area contributed by atoms with Gasteiger partial charge in [-0.2, -0.15) is 0 Å². The van der Waals surface area contributed by atoms with E-state index in [1.54, 1.807) is 11.4 Å². The molecule has 1 saturated heterocycles. The molecule has 2 rings (SSSR count). The molecule has 0 spiro atoms. The van der Waals surface area contributed by atoms with Crippen molar-refractivity contribution in [1.29, 1.82) is 0 Å². The summed E-state index contributed by atoms with van der Waals surface area (Å²) in [6.07, 6.45) is 3.53. The quantitative estimate of drug-likeness (QED) is 0.781. The van der Waals surface area contributed by atoms with Gasteiger partial charge in [-0.3, -0.25) is 9.69 Å². The van der Waals surface area contributed by atoms with Crippen molar-refractivity contribution in [3.05, 3.63) is 0 Å². The fourth-order valence-electron chi connectivity index (χ4n) is 3.08. The molecular weight excluding hydrogens is 314 g/mol. The fraction of sp³-hybridized carbons (Fsp3) is 0.938. The summed E-state index contributed by atoms with van der Waals surface area (Å²) in [5, 5.41) is 2.85. The van der Waals surface area contributed by atoms with Gasteiger partial charge < -0.3 is 5.32 Å². The summed E-state index contributed by atoms with van der Waals surface area (Å²) in [5.74, 6) is 0.458. The van der Waals surface area contributed by atoms with Crippen molar-refractivity contribution in [3.8, 4) is 0 Å². The maximum absolute atomic E-state index is 12.2. The first-order valence-corrected chi connectivity index (χ1v) is 10.1. The SMILES string of the molecule is CN(CC1CCN(CC(=O)NC(C)(C)C)CC1)S(=O)(=O)C1CC1. The van der Waals surface area contributed by atoms with Gasteiger partial charge in [0.15, 0.2) is 0 Å². The van der Waals surface area contributed by atoms with Crippen LogP contribution in [0.25, 0.3) is 0 Å². The van der Waals surface area contributed by atoms with Gasteiger partial charge in [-0.25, -0.2) is 12.7 Å². The largest absolute Gasteiger partial charge is 0.350 e. The third kappa shape index (κ3) is 5.72. The first kappa shape index (κ1) is 18.7. The number of nitrogens with one attached hydrogen (secondary N) is 1. The Morgan fingerprint density at radius 2 is 1.74 bits per heavy atom. The van der Waals surface area contributed by atoms with E-state index in [0.717, 1.165) is 38.8 Å². The molecule has 0 unspecified atom stereocenters. The zero-order valence-electron chi connectivity index (χ0n) is 14.8. The maximum Gasteiger partial charge on any atom is 0.234 e. The molecule has 2 aliphatic rings. The van der Waals surface area contributed by atoms with Crippen molar-refractivity contribution >= 4 is 15.9 Å². The van der Waals surface area contributed by atoms with Gasteiger partial charge >= 0.3 is 0 Å². The highest BCUT2D eigenvalue weighted by atomic mass is 32.2. The topological polar surface area (TPSA) is 69.7 Å². The molecule has 1 N–H and O–H groups in total. The lowest BCUT2D eigenvalue weighted by molar-refractivity contribution is -0.124. The Bertz CT molecular complexity index is 515. The molecule has 7 heteroatoms. The molecule has 23 heavy (non-hydrogen) atoms. The number of carbonyl (C=O) groups is 1. The molecular formula is C16H31N3O3S. The van der Waals surface area contributed by atoms with Crippen LogP contribution in [-0.2, 0) is 14.8 Å². The molecule has 1 aliphatic carbocycles. The standard InChI is InChI=1S/C16H31N3O3S/c1-16(2,3)17-15(20)12-19-9-7-13(8-10-19)11-18(4)23(21,22)14-5-6-14/h13-14H,5-12H2,1-4H3,(H,17,20). The van der Waals surface area contributed by atoms with E-state index in [1.165, 1.54) is 0 Å². The van der Waals surface area contributed by atoms with E-state index in [2.05, 4.69) is 10.2 Å². The molecule has 0 aromatic rings. The highest BCUT2D eigenvalue weighted by molar-refractivity contribution is 7.90. The average molecular weight is 346 g/mol. The molecule has 1 heterocycles. The zero-order chi connectivity index (χ0) is 17.3. The summed E-state index contributed by atoms with van der Waals surface area (Å²) in [5.41, 5.74) is -0.199. The summed E-state index contributed by atoms with van der Waals surface area (Å²) in [6.45, 7) is 8.70. The second kappa shape index (κ2) is 7.07. The predicted molar refractivity (Wildman–Crippen MR) is 91.6 cm³/mol. The van der Waals surface area contributed by atoms with Crippen molar-refractivity contribution < 1.29 is 13.2 Å². The van der Waals surface area contributed by atoms with Gasteiger partial charge in [0.05, 0.1) is 11.8 Å². The van der Waals surface area contributed by atoms with Gasteiger partial charge in [0.1, 0.15) is 0 Å². The van der Waals surface area contributed by atoms with Crippen molar-refractivity contribution in [3.63, 3.8) is 0 Å². The number of carbonyl (C=O) groups excluding carboxylic acids is 1. The first-order chi connectivity index (χ1) is 10.6. The number of likely N-dealkylation sites (tertiary alicyclic amines) is 1. The number of nitrogens with zero attached hydrogens (tertiary/aromatic N) is 2. The second-order valence-electron chi connectivity index (χ2n) is 8.04. The molecule has 1 amide bonds. The molecule has 0 aromatic heterocycles. The molecule has 0 radical (unpaired) electrons. The van der Waals surface area contributed by atoms with Crippen LogP contribution in [-0.4, -0.2) is 67.5 Å². The van der Waals surface area contributed by atoms with Crippen LogP contribution in [0.3, 0.4) is 0 Å². The van der Waals surface area contributed by atoms with Gasteiger partial charge in [0, 0.05) is 19.1 Å². The number of piperidine rings is 1. The summed E-state index contributed by atoms with van der Waals surface area (Å²) in [6, 6.07) is 0. The van der Waals surface area contributed by atoms with Gasteiger partial charge in [-0.1, -0.05) is 0 Å². The van der Waals surface area contributed by atoms with E-state index in [4.69, 9.17) is 0 Å². The molecule has 1 aliphatic heterocycles. The number of hydrogen-bond acceptors (Lipinski definition) is 4. The Kier molecular flexibility index (Phi) is 5.74. The van der Waals surface area contributed by atoms with Crippen LogP contribution in [0.4, 0.5) is 0 Å². The van der Waals surface area contributed by atoms with E-state index in [9.17, 15) is 13.2 Å². The molecule has 6 nitrogen and oxygen atoms in total. The van der Waals surface area contributed by atoms with Gasteiger partial charge in [0.25, 0.3) is 0 Å². The summed E-state index contributed by atoms with van der Waals surface area (Å²) in [4.78, 5) is 14.1. The van der Waals surface area contributed by atoms with Crippen molar-refractivity contribution in [2.24, 2.45) is 5.92 Å². The van der Waals surface area contributed by atoms with Crippen LogP contribution >= 0.6 is 0 Å². The lowest BCUT2D eigenvalue weighted by Crippen LogP contribution is -2.48. The highest BCUT2D eigenvalue weighted by Gasteiger charge is 2.39. The van der Waals surface area contributed by atoms with Crippen molar-refractivity contribution in [2.45, 2.75) is 57.2 Å². The minimum Gasteiger partial charge on any atom is -0.350 e. The smallest absolute Gasteiger partial charge is 0.234 e. The highest BCUT2D eigenvalue weighted by Crippen LogP contribution is 2.31. The normalized spacial score (nSPS) is 21.6. The van der Waals surface area contributed by atoms with Crippen molar-refractivity contribution in [2.75, 3.05) is 33.2 Å². The molecule has 0 atom stereocenters. The van der Waals surface area contributed by atoms with Crippen LogP contribution in [0.2, 0.25) is 0 Å². The van der Waals surface area contributed by atoms with Gasteiger partial charge in [-0.15, -0.1) is 0 Å². The van der Waals surface area contributed by atoms with E-state index >= 15 is 0 Å². The van der Waals surface area contributed by atoms with E-state index in [-0.39, 0.29) is 16.7 Å². The summed E-state index contributed by atoms with van der Waals surface area (Å²) in [7, 11) is -1.36. The summed E-state index contributed by atoms with van der Waals surface area (Å²) >= 11 is 0. The van der Waals surface area contributed by atoms with E-state index < -0.39 is 10.0 Å². The van der Waals surface area contributed by atoms with Crippen LogP contribution in [0.5, 0.6) is 0 Å². The first-order valence-electron chi connectivity index (χ1n) is 8.56. The van der Waals surface area contributed by atoms with Crippen LogP contribution < -0.4 is 5.32 Å². The minimum atomic E-state index is -3.06. The number of rotatable bonds is 6. The Morgan fingerprint density at radius 3 is 2.22 bits per heavy atom. The molecule has 2 fully saturated rings. The van der Waals surface area contributed by atoms with Crippen molar-refractivity contribution in [1.82, 2.24) is 14.5 Å². The molecule has 0 aromatic carbocycles. The second-order valence-corrected chi connectivity index (χ2v) is 10.4. The van der Waals surface area contributed by atoms with Crippen LogP contribution in [0, 0.1) is 5.92 Å². The van der Waals surface area contributed by atoms with Gasteiger partial charge in [-0.05, 0) is 65.5 Å². The molecule has 134 valence electrons. The third-order valence-corrected chi connectivity index (χ3v) is 6.82. The fourth-order valence-corrected chi connectivity index (χ4v) is 4.74. The van der Waals surface area contributed by atoms with Crippen LogP contribution in [0.15, 0.2) is 0 Å². The maximum atomic E-state index is 12.2. The Balaban J connectivity index is 1.72. The monoisotopic (exact) mass is 345 g/mol. The number of amides is 1. The summed E-state index contributed by atoms with van der Waals surface area (Å²) < 4.78 is 25.9. The predicted octanol–water partition coefficient (Wildman–Crippen LogP) is 1.04. The van der Waals surface area contributed by atoms with Crippen LogP contribution in [0.1, 0.15) is 46.5 Å². The zero-order valence-corrected chi connectivity index (χ0v) is 15.7. The molecule has 0 bridgehead atoms.